The van der Waals surface area contributed by atoms with Gasteiger partial charge in [0.05, 0.1) is 17.0 Å². The van der Waals surface area contributed by atoms with Gasteiger partial charge in [-0.1, -0.05) is 18.2 Å². The van der Waals surface area contributed by atoms with E-state index < -0.39 is 0 Å². The first-order valence-corrected chi connectivity index (χ1v) is 6.45. The van der Waals surface area contributed by atoms with E-state index >= 15 is 0 Å². The molecule has 3 rings (SSSR count). The van der Waals surface area contributed by atoms with Crippen molar-refractivity contribution in [3.05, 3.63) is 59.9 Å². The molecule has 1 aliphatic rings. The van der Waals surface area contributed by atoms with Crippen LogP contribution in [0.25, 0.3) is 6.08 Å². The molecule has 4 nitrogen and oxygen atoms in total. The van der Waals surface area contributed by atoms with Gasteiger partial charge in [0.1, 0.15) is 0 Å². The summed E-state index contributed by atoms with van der Waals surface area (Å²) in [6, 6.07) is 13.4. The largest absolute Gasteiger partial charge is 0.351 e. The Morgan fingerprint density at radius 3 is 2.50 bits per heavy atom. The lowest BCUT2D eigenvalue weighted by molar-refractivity contribution is -0.114. The molecule has 0 atom stereocenters. The van der Waals surface area contributed by atoms with Gasteiger partial charge in [0.2, 0.25) is 0 Å². The van der Waals surface area contributed by atoms with Gasteiger partial charge in [-0.05, 0) is 37.3 Å². The Labute approximate surface area is 117 Å². The number of benzene rings is 1. The third-order valence-corrected chi connectivity index (χ3v) is 3.34. The summed E-state index contributed by atoms with van der Waals surface area (Å²) in [5.41, 5.74) is 3.14. The number of carbonyl (C=O) groups excluding carboxylic acids is 1. The van der Waals surface area contributed by atoms with Crippen LogP contribution in [-0.2, 0) is 11.8 Å². The van der Waals surface area contributed by atoms with E-state index in [1.165, 1.54) is 5.01 Å². The van der Waals surface area contributed by atoms with E-state index in [0.29, 0.717) is 5.57 Å². The summed E-state index contributed by atoms with van der Waals surface area (Å²) in [5, 5.41) is 5.80. The second-order valence-corrected chi connectivity index (χ2v) is 4.74. The minimum absolute atomic E-state index is 0.0881. The van der Waals surface area contributed by atoms with Crippen LogP contribution in [0.15, 0.2) is 59.3 Å². The molecule has 0 fully saturated rings. The molecule has 2 heterocycles. The van der Waals surface area contributed by atoms with Crippen molar-refractivity contribution >= 4 is 23.4 Å². The molecule has 0 spiro atoms. The topological polar surface area (TPSA) is 37.6 Å². The third kappa shape index (κ3) is 2.05. The zero-order valence-electron chi connectivity index (χ0n) is 11.4. The van der Waals surface area contributed by atoms with Crippen molar-refractivity contribution < 1.29 is 4.79 Å². The smallest absolute Gasteiger partial charge is 0.280 e. The van der Waals surface area contributed by atoms with E-state index in [-0.39, 0.29) is 5.91 Å². The molecule has 4 heteroatoms. The minimum atomic E-state index is -0.0881. The molecule has 0 radical (unpaired) electrons. The Bertz CT molecular complexity index is 710. The summed E-state index contributed by atoms with van der Waals surface area (Å²) in [6.07, 6.45) is 3.83. The molecule has 1 aromatic carbocycles. The van der Waals surface area contributed by atoms with E-state index in [1.807, 2.05) is 73.3 Å². The first-order valence-electron chi connectivity index (χ1n) is 6.45. The second kappa shape index (κ2) is 4.81. The van der Waals surface area contributed by atoms with Crippen LogP contribution in [0.5, 0.6) is 0 Å². The highest BCUT2D eigenvalue weighted by atomic mass is 16.2. The van der Waals surface area contributed by atoms with Gasteiger partial charge in [0, 0.05) is 18.9 Å². The number of hydrogen-bond acceptors (Lipinski definition) is 2. The monoisotopic (exact) mass is 265 g/mol. The normalized spacial score (nSPS) is 16.9. The fourth-order valence-electron chi connectivity index (χ4n) is 2.20. The standard InChI is InChI=1S/C16H15N3O/c1-12-15(11-14-9-6-10-18(14)2)16(20)19(17-12)13-7-4-3-5-8-13/h3-11H,1-2H3/b15-11-. The van der Waals surface area contributed by atoms with Crippen LogP contribution in [0.1, 0.15) is 12.6 Å². The van der Waals surface area contributed by atoms with Crippen LogP contribution in [0.4, 0.5) is 5.69 Å². The van der Waals surface area contributed by atoms with Crippen LogP contribution >= 0.6 is 0 Å². The average Bonchev–Trinajstić information content (AvgIpc) is 2.98. The van der Waals surface area contributed by atoms with Crippen molar-refractivity contribution in [1.82, 2.24) is 4.57 Å². The van der Waals surface area contributed by atoms with Crippen LogP contribution < -0.4 is 5.01 Å². The average molecular weight is 265 g/mol. The van der Waals surface area contributed by atoms with Gasteiger partial charge in [-0.2, -0.15) is 10.1 Å². The van der Waals surface area contributed by atoms with Crippen molar-refractivity contribution in [3.8, 4) is 0 Å². The summed E-state index contributed by atoms with van der Waals surface area (Å²) in [7, 11) is 1.95. The van der Waals surface area contributed by atoms with Crippen molar-refractivity contribution in [3.63, 3.8) is 0 Å². The zero-order chi connectivity index (χ0) is 14.1. The summed E-state index contributed by atoms with van der Waals surface area (Å²) < 4.78 is 1.97. The summed E-state index contributed by atoms with van der Waals surface area (Å²) in [6.45, 7) is 1.86. The number of anilines is 1. The number of carbonyl (C=O) groups is 1. The molecule has 1 aromatic heterocycles. The maximum atomic E-state index is 12.5. The quantitative estimate of drug-likeness (QED) is 0.769. The Kier molecular flexibility index (Phi) is 2.99. The first kappa shape index (κ1) is 12.4. The molecular weight excluding hydrogens is 250 g/mol. The second-order valence-electron chi connectivity index (χ2n) is 4.74. The van der Waals surface area contributed by atoms with Crippen LogP contribution in [0.2, 0.25) is 0 Å². The number of aryl methyl sites for hydroxylation is 1. The lowest BCUT2D eigenvalue weighted by atomic mass is 10.1. The van der Waals surface area contributed by atoms with Gasteiger partial charge in [0.25, 0.3) is 5.91 Å². The molecule has 1 aliphatic heterocycles. The number of rotatable bonds is 2. The highest BCUT2D eigenvalue weighted by Gasteiger charge is 2.28. The van der Waals surface area contributed by atoms with E-state index in [0.717, 1.165) is 17.1 Å². The number of nitrogens with zero attached hydrogens (tertiary/aromatic N) is 3. The van der Waals surface area contributed by atoms with Gasteiger partial charge < -0.3 is 4.57 Å². The van der Waals surface area contributed by atoms with Crippen molar-refractivity contribution in [2.45, 2.75) is 6.92 Å². The lowest BCUT2D eigenvalue weighted by Crippen LogP contribution is -2.21. The lowest BCUT2D eigenvalue weighted by Gasteiger charge is -2.11. The Morgan fingerprint density at radius 1 is 1.10 bits per heavy atom. The molecule has 0 bridgehead atoms. The number of amides is 1. The zero-order valence-corrected chi connectivity index (χ0v) is 11.4. The van der Waals surface area contributed by atoms with Crippen LogP contribution in [0, 0.1) is 0 Å². The Morgan fingerprint density at radius 2 is 1.85 bits per heavy atom. The van der Waals surface area contributed by atoms with Crippen LogP contribution in [0.3, 0.4) is 0 Å². The van der Waals surface area contributed by atoms with Gasteiger partial charge in [-0.25, -0.2) is 0 Å². The predicted molar refractivity (Wildman–Crippen MR) is 80.4 cm³/mol. The highest BCUT2D eigenvalue weighted by molar-refractivity contribution is 6.32. The molecule has 20 heavy (non-hydrogen) atoms. The maximum absolute atomic E-state index is 12.5. The van der Waals surface area contributed by atoms with Gasteiger partial charge in [-0.15, -0.1) is 0 Å². The minimum Gasteiger partial charge on any atom is -0.351 e. The molecule has 0 aliphatic carbocycles. The van der Waals surface area contributed by atoms with Gasteiger partial charge in [-0.3, -0.25) is 4.79 Å². The Balaban J connectivity index is 1.98. The number of para-hydroxylation sites is 1. The van der Waals surface area contributed by atoms with Gasteiger partial charge in [0.15, 0.2) is 0 Å². The SMILES string of the molecule is CC1=NN(c2ccccc2)C(=O)/C1=C\c1cccn1C. The highest BCUT2D eigenvalue weighted by Crippen LogP contribution is 2.24. The fourth-order valence-corrected chi connectivity index (χ4v) is 2.20. The van der Waals surface area contributed by atoms with Crippen LogP contribution in [-0.4, -0.2) is 16.2 Å². The number of hydrazone groups is 1. The van der Waals surface area contributed by atoms with E-state index in [1.54, 1.807) is 0 Å². The van der Waals surface area contributed by atoms with Crippen molar-refractivity contribution in [2.75, 3.05) is 5.01 Å². The number of aromatic nitrogens is 1. The molecular formula is C16H15N3O. The predicted octanol–water partition coefficient (Wildman–Crippen LogP) is 2.83. The molecule has 2 aromatic rings. The molecule has 0 unspecified atom stereocenters. The molecule has 1 amide bonds. The molecule has 0 N–H and O–H groups in total. The van der Waals surface area contributed by atoms with Gasteiger partial charge >= 0.3 is 0 Å². The fraction of sp³-hybridized carbons (Fsp3) is 0.125. The molecule has 0 saturated heterocycles. The first-order chi connectivity index (χ1) is 9.66. The number of hydrogen-bond donors (Lipinski definition) is 0. The Hall–Kier alpha value is -2.62. The maximum Gasteiger partial charge on any atom is 0.280 e. The summed E-state index contributed by atoms with van der Waals surface area (Å²) in [5.74, 6) is -0.0881. The van der Waals surface area contributed by atoms with Crippen molar-refractivity contribution in [2.24, 2.45) is 12.1 Å². The molecule has 0 saturated carbocycles. The van der Waals surface area contributed by atoms with E-state index in [4.69, 9.17) is 0 Å². The third-order valence-electron chi connectivity index (χ3n) is 3.34. The van der Waals surface area contributed by atoms with E-state index in [2.05, 4.69) is 5.10 Å². The summed E-state index contributed by atoms with van der Waals surface area (Å²) >= 11 is 0. The summed E-state index contributed by atoms with van der Waals surface area (Å²) in [4.78, 5) is 12.5. The van der Waals surface area contributed by atoms with Crippen molar-refractivity contribution in [1.29, 1.82) is 0 Å². The van der Waals surface area contributed by atoms with E-state index in [9.17, 15) is 4.79 Å². The molecule has 100 valence electrons.